The maximum absolute atomic E-state index is 5.68. The molecule has 0 radical (unpaired) electrons. The van der Waals surface area contributed by atoms with Gasteiger partial charge in [-0.25, -0.2) is 4.98 Å². The lowest BCUT2D eigenvalue weighted by Crippen LogP contribution is -2.04. The van der Waals surface area contributed by atoms with Crippen LogP contribution in [-0.2, 0) is 0 Å². The second-order valence-electron chi connectivity index (χ2n) is 4.41. The fourth-order valence-corrected chi connectivity index (χ4v) is 2.26. The fourth-order valence-electron chi connectivity index (χ4n) is 2.07. The minimum Gasteiger partial charge on any atom is -0.493 e. The van der Waals surface area contributed by atoms with Crippen LogP contribution in [0.5, 0.6) is 11.5 Å². The molecule has 0 aliphatic carbocycles. The Morgan fingerprint density at radius 2 is 1.90 bits per heavy atom. The second kappa shape index (κ2) is 7.20. The van der Waals surface area contributed by atoms with Crippen LogP contribution < -0.4 is 14.8 Å². The molecule has 0 amide bonds. The number of ether oxygens (including phenoxy) is 2. The third-order valence-electron chi connectivity index (χ3n) is 3.12. The highest BCUT2D eigenvalue weighted by molar-refractivity contribution is 6.17. The lowest BCUT2D eigenvalue weighted by atomic mass is 10.1. The van der Waals surface area contributed by atoms with Crippen molar-refractivity contribution in [2.75, 3.05) is 32.0 Å². The molecule has 5 heteroatoms. The Labute approximate surface area is 124 Å². The lowest BCUT2D eigenvalue weighted by molar-refractivity contribution is 0.356. The number of hydrogen-bond donors (Lipinski definition) is 1. The topological polar surface area (TPSA) is 43.4 Å². The molecular formula is C15H19ClN2O2. The highest BCUT2D eigenvalue weighted by atomic mass is 35.5. The van der Waals surface area contributed by atoms with Crippen LogP contribution in [0.1, 0.15) is 12.8 Å². The number of hydrogen-bond acceptors (Lipinski definition) is 4. The van der Waals surface area contributed by atoms with Gasteiger partial charge in [0, 0.05) is 24.0 Å². The number of alkyl halides is 1. The summed E-state index contributed by atoms with van der Waals surface area (Å²) < 4.78 is 10.7. The minimum atomic E-state index is 0.690. The Balaban J connectivity index is 2.30. The summed E-state index contributed by atoms with van der Waals surface area (Å²) >= 11 is 5.68. The molecule has 2 aromatic rings. The van der Waals surface area contributed by atoms with Crippen LogP contribution in [0.15, 0.2) is 24.4 Å². The highest BCUT2D eigenvalue weighted by Gasteiger charge is 2.09. The van der Waals surface area contributed by atoms with Gasteiger partial charge < -0.3 is 14.8 Å². The molecule has 0 bridgehead atoms. The summed E-state index contributed by atoms with van der Waals surface area (Å²) in [6.45, 7) is 0.854. The van der Waals surface area contributed by atoms with Crippen molar-refractivity contribution in [1.82, 2.24) is 4.98 Å². The standard InChI is InChI=1S/C15H19ClN2O2/c1-19-13-9-11-5-8-18-15(17-7-4-3-6-16)12(11)10-14(13)20-2/h5,8-10H,3-4,6-7H2,1-2H3,(H,17,18). The molecule has 1 aromatic carbocycles. The van der Waals surface area contributed by atoms with Crippen LogP contribution in [0.25, 0.3) is 10.8 Å². The smallest absolute Gasteiger partial charge is 0.161 e. The van der Waals surface area contributed by atoms with Crippen molar-refractivity contribution in [2.45, 2.75) is 12.8 Å². The van der Waals surface area contributed by atoms with Crippen LogP contribution in [-0.4, -0.2) is 31.6 Å². The van der Waals surface area contributed by atoms with Crippen LogP contribution in [0.2, 0.25) is 0 Å². The third kappa shape index (κ3) is 3.25. The maximum Gasteiger partial charge on any atom is 0.161 e. The van der Waals surface area contributed by atoms with Gasteiger partial charge in [-0.2, -0.15) is 0 Å². The molecule has 2 rings (SSSR count). The minimum absolute atomic E-state index is 0.690. The second-order valence-corrected chi connectivity index (χ2v) is 4.79. The molecule has 1 aromatic heterocycles. The van der Waals surface area contributed by atoms with E-state index < -0.39 is 0 Å². The molecule has 108 valence electrons. The van der Waals surface area contributed by atoms with Crippen molar-refractivity contribution in [3.8, 4) is 11.5 Å². The normalized spacial score (nSPS) is 10.6. The largest absolute Gasteiger partial charge is 0.493 e. The van der Waals surface area contributed by atoms with Gasteiger partial charge in [0.05, 0.1) is 14.2 Å². The molecule has 0 aliphatic rings. The summed E-state index contributed by atoms with van der Waals surface area (Å²) in [5.74, 6) is 2.98. The van der Waals surface area contributed by atoms with Gasteiger partial charge in [-0.05, 0) is 36.4 Å². The van der Waals surface area contributed by atoms with Crippen molar-refractivity contribution < 1.29 is 9.47 Å². The molecule has 0 saturated heterocycles. The van der Waals surface area contributed by atoms with Gasteiger partial charge in [0.25, 0.3) is 0 Å². The number of rotatable bonds is 7. The zero-order valence-electron chi connectivity index (χ0n) is 11.8. The van der Waals surface area contributed by atoms with Crippen molar-refractivity contribution in [3.05, 3.63) is 24.4 Å². The fraction of sp³-hybridized carbons (Fsp3) is 0.400. The molecule has 20 heavy (non-hydrogen) atoms. The zero-order valence-corrected chi connectivity index (χ0v) is 12.5. The Bertz CT molecular complexity index is 575. The summed E-state index contributed by atoms with van der Waals surface area (Å²) in [5.41, 5.74) is 0. The van der Waals surface area contributed by atoms with Gasteiger partial charge in [-0.1, -0.05) is 0 Å². The summed E-state index contributed by atoms with van der Waals surface area (Å²) in [5, 5.41) is 5.44. The van der Waals surface area contributed by atoms with E-state index in [-0.39, 0.29) is 0 Å². The van der Waals surface area contributed by atoms with Gasteiger partial charge >= 0.3 is 0 Å². The van der Waals surface area contributed by atoms with Crippen LogP contribution in [0.4, 0.5) is 5.82 Å². The van der Waals surface area contributed by atoms with Crippen molar-refractivity contribution in [1.29, 1.82) is 0 Å². The van der Waals surface area contributed by atoms with Crippen LogP contribution in [0, 0.1) is 0 Å². The summed E-state index contributed by atoms with van der Waals surface area (Å²) in [4.78, 5) is 4.39. The number of methoxy groups -OCH3 is 2. The summed E-state index contributed by atoms with van der Waals surface area (Å²) in [6.07, 6.45) is 3.81. The number of pyridine rings is 1. The number of anilines is 1. The number of fused-ring (bicyclic) bond motifs is 1. The van der Waals surface area contributed by atoms with E-state index in [0.717, 1.165) is 41.7 Å². The SMILES string of the molecule is COc1cc2ccnc(NCCCCCl)c2cc1OC. The molecule has 0 saturated carbocycles. The first-order valence-electron chi connectivity index (χ1n) is 6.60. The van der Waals surface area contributed by atoms with Gasteiger partial charge in [-0.15, -0.1) is 11.6 Å². The Kier molecular flexibility index (Phi) is 5.30. The van der Waals surface area contributed by atoms with Gasteiger partial charge in [0.1, 0.15) is 5.82 Å². The molecule has 4 nitrogen and oxygen atoms in total. The maximum atomic E-state index is 5.68. The first kappa shape index (κ1) is 14.7. The van der Waals surface area contributed by atoms with E-state index in [1.807, 2.05) is 18.2 Å². The van der Waals surface area contributed by atoms with E-state index >= 15 is 0 Å². The highest BCUT2D eigenvalue weighted by Crippen LogP contribution is 2.34. The molecule has 1 heterocycles. The number of halogens is 1. The molecule has 0 unspecified atom stereocenters. The van der Waals surface area contributed by atoms with Crippen molar-refractivity contribution in [2.24, 2.45) is 0 Å². The number of benzene rings is 1. The van der Waals surface area contributed by atoms with E-state index in [9.17, 15) is 0 Å². The van der Waals surface area contributed by atoms with Crippen molar-refractivity contribution in [3.63, 3.8) is 0 Å². The quantitative estimate of drug-likeness (QED) is 0.625. The third-order valence-corrected chi connectivity index (χ3v) is 3.39. The van der Waals surface area contributed by atoms with E-state index in [1.54, 1.807) is 20.4 Å². The molecule has 0 spiro atoms. The lowest BCUT2D eigenvalue weighted by Gasteiger charge is -2.12. The predicted molar refractivity (Wildman–Crippen MR) is 83.3 cm³/mol. The van der Waals surface area contributed by atoms with Gasteiger partial charge in [0.15, 0.2) is 11.5 Å². The number of unbranched alkanes of at least 4 members (excludes halogenated alkanes) is 1. The Morgan fingerprint density at radius 1 is 1.15 bits per heavy atom. The summed E-state index contributed by atoms with van der Waals surface area (Å²) in [6, 6.07) is 5.87. The molecular weight excluding hydrogens is 276 g/mol. The predicted octanol–water partition coefficient (Wildman–Crippen LogP) is 3.68. The Hall–Kier alpha value is -1.68. The summed E-state index contributed by atoms with van der Waals surface area (Å²) in [7, 11) is 3.27. The molecule has 0 aliphatic heterocycles. The van der Waals surface area contributed by atoms with Crippen molar-refractivity contribution >= 4 is 28.2 Å². The zero-order chi connectivity index (χ0) is 14.4. The Morgan fingerprint density at radius 3 is 2.60 bits per heavy atom. The molecule has 0 fully saturated rings. The molecule has 0 atom stereocenters. The average molecular weight is 295 g/mol. The van der Waals surface area contributed by atoms with Gasteiger partial charge in [-0.3, -0.25) is 0 Å². The van der Waals surface area contributed by atoms with E-state index in [1.165, 1.54) is 0 Å². The van der Waals surface area contributed by atoms with Crippen LogP contribution >= 0.6 is 11.6 Å². The monoisotopic (exact) mass is 294 g/mol. The van der Waals surface area contributed by atoms with Crippen LogP contribution in [0.3, 0.4) is 0 Å². The average Bonchev–Trinajstić information content (AvgIpc) is 2.50. The first-order chi connectivity index (χ1) is 9.80. The first-order valence-corrected chi connectivity index (χ1v) is 7.14. The van der Waals surface area contributed by atoms with E-state index in [4.69, 9.17) is 21.1 Å². The number of nitrogens with one attached hydrogen (secondary N) is 1. The number of nitrogens with zero attached hydrogens (tertiary/aromatic N) is 1. The number of aromatic nitrogens is 1. The van der Waals surface area contributed by atoms with E-state index in [0.29, 0.717) is 11.6 Å². The van der Waals surface area contributed by atoms with Gasteiger partial charge in [0.2, 0.25) is 0 Å². The molecule has 1 N–H and O–H groups in total. The van der Waals surface area contributed by atoms with E-state index in [2.05, 4.69) is 10.3 Å².